The molecule has 0 saturated carbocycles. The monoisotopic (exact) mass is 366 g/mol. The van der Waals surface area contributed by atoms with Crippen LogP contribution in [0.1, 0.15) is 31.7 Å². The number of carboxylic acid groups (broad SMARTS) is 2. The number of carbonyl (C=O) groups is 4. The van der Waals surface area contributed by atoms with Gasteiger partial charge in [-0.15, -0.1) is 0 Å². The Morgan fingerprint density at radius 3 is 2.31 bits per heavy atom. The molecule has 0 heterocycles. The summed E-state index contributed by atoms with van der Waals surface area (Å²) in [6.07, 6.45) is -0.931. The Morgan fingerprint density at radius 2 is 1.73 bits per heavy atom. The average Bonchev–Trinajstić information content (AvgIpc) is 2.59. The van der Waals surface area contributed by atoms with Gasteiger partial charge in [0.2, 0.25) is 5.91 Å². The molecule has 0 aliphatic carbocycles. The third-order valence-corrected chi connectivity index (χ3v) is 3.44. The number of rotatable bonds is 10. The fourth-order valence-electron chi connectivity index (χ4n) is 2.02. The van der Waals surface area contributed by atoms with Gasteiger partial charge in [0.05, 0.1) is 0 Å². The van der Waals surface area contributed by atoms with Crippen LogP contribution in [0.25, 0.3) is 0 Å². The van der Waals surface area contributed by atoms with Gasteiger partial charge in [-0.05, 0) is 25.3 Å². The molecular formula is C17H22N2O7. The fourth-order valence-corrected chi connectivity index (χ4v) is 2.02. The fraction of sp³-hybridized carbons (Fsp3) is 0.412. The van der Waals surface area contributed by atoms with Crippen LogP contribution in [-0.4, -0.2) is 46.2 Å². The summed E-state index contributed by atoms with van der Waals surface area (Å²) in [4.78, 5) is 45.3. The van der Waals surface area contributed by atoms with Crippen molar-refractivity contribution >= 4 is 23.9 Å². The first-order chi connectivity index (χ1) is 12.3. The Labute approximate surface area is 150 Å². The van der Waals surface area contributed by atoms with Crippen LogP contribution in [0.5, 0.6) is 0 Å². The van der Waals surface area contributed by atoms with Gasteiger partial charge in [-0.3, -0.25) is 9.59 Å². The summed E-state index contributed by atoms with van der Waals surface area (Å²) in [5.74, 6) is -3.02. The van der Waals surface area contributed by atoms with Crippen LogP contribution in [-0.2, 0) is 25.7 Å². The molecule has 0 fully saturated rings. The topological polar surface area (TPSA) is 142 Å². The number of carbonyl (C=O) groups excluding carboxylic acids is 2. The molecule has 0 saturated heterocycles. The zero-order valence-electron chi connectivity index (χ0n) is 14.3. The Morgan fingerprint density at radius 1 is 1.08 bits per heavy atom. The highest BCUT2D eigenvalue weighted by Crippen LogP contribution is 2.03. The van der Waals surface area contributed by atoms with Crippen molar-refractivity contribution in [2.45, 2.75) is 44.9 Å². The average molecular weight is 366 g/mol. The van der Waals surface area contributed by atoms with E-state index >= 15 is 0 Å². The van der Waals surface area contributed by atoms with E-state index in [9.17, 15) is 19.2 Å². The molecule has 2 amide bonds. The molecule has 0 spiro atoms. The summed E-state index contributed by atoms with van der Waals surface area (Å²) in [6, 6.07) is 6.72. The summed E-state index contributed by atoms with van der Waals surface area (Å²) in [5.41, 5.74) is 0.782. The maximum Gasteiger partial charge on any atom is 0.408 e. The number of amides is 2. The van der Waals surface area contributed by atoms with Crippen LogP contribution < -0.4 is 10.6 Å². The maximum atomic E-state index is 12.0. The number of nitrogens with one attached hydrogen (secondary N) is 2. The molecule has 2 atom stereocenters. The molecular weight excluding hydrogens is 344 g/mol. The molecule has 9 nitrogen and oxygen atoms in total. The van der Waals surface area contributed by atoms with Crippen LogP contribution in [0, 0.1) is 0 Å². The first-order valence-electron chi connectivity index (χ1n) is 8.01. The van der Waals surface area contributed by atoms with Crippen LogP contribution in [0.15, 0.2) is 30.3 Å². The summed E-state index contributed by atoms with van der Waals surface area (Å²) in [5, 5.41) is 22.2. The zero-order chi connectivity index (χ0) is 19.5. The van der Waals surface area contributed by atoms with Gasteiger partial charge in [-0.1, -0.05) is 30.3 Å². The van der Waals surface area contributed by atoms with Crippen molar-refractivity contribution in [3.8, 4) is 0 Å². The lowest BCUT2D eigenvalue weighted by atomic mass is 10.1. The third-order valence-electron chi connectivity index (χ3n) is 3.44. The molecule has 0 bridgehead atoms. The Hall–Kier alpha value is -3.10. The van der Waals surface area contributed by atoms with Gasteiger partial charge in [-0.25, -0.2) is 9.59 Å². The molecule has 1 aromatic rings. The Bertz CT molecular complexity index is 633. The number of hydrogen-bond donors (Lipinski definition) is 4. The normalized spacial score (nSPS) is 12.5. The molecule has 0 aliphatic rings. The number of carboxylic acids is 2. The molecule has 0 aromatic heterocycles. The molecule has 4 N–H and O–H groups in total. The lowest BCUT2D eigenvalue weighted by Gasteiger charge is -2.18. The van der Waals surface area contributed by atoms with Gasteiger partial charge < -0.3 is 25.6 Å². The van der Waals surface area contributed by atoms with E-state index in [1.807, 2.05) is 6.07 Å². The van der Waals surface area contributed by atoms with E-state index in [1.165, 1.54) is 6.92 Å². The van der Waals surface area contributed by atoms with E-state index in [0.717, 1.165) is 5.56 Å². The minimum atomic E-state index is -1.28. The van der Waals surface area contributed by atoms with Gasteiger partial charge in [0, 0.05) is 6.42 Å². The van der Waals surface area contributed by atoms with E-state index in [0.29, 0.717) is 0 Å². The minimum absolute atomic E-state index is 0.0292. The van der Waals surface area contributed by atoms with Gasteiger partial charge in [0.1, 0.15) is 18.7 Å². The highest BCUT2D eigenvalue weighted by molar-refractivity contribution is 5.88. The molecule has 9 heteroatoms. The molecule has 1 rings (SSSR count). The molecule has 26 heavy (non-hydrogen) atoms. The van der Waals surface area contributed by atoms with E-state index < -0.39 is 36.0 Å². The van der Waals surface area contributed by atoms with E-state index in [4.69, 9.17) is 14.9 Å². The predicted octanol–water partition coefficient (Wildman–Crippen LogP) is 1.13. The predicted molar refractivity (Wildman–Crippen MR) is 90.3 cm³/mol. The first kappa shape index (κ1) is 20.9. The second-order valence-electron chi connectivity index (χ2n) is 5.61. The van der Waals surface area contributed by atoms with Crippen molar-refractivity contribution in [2.75, 3.05) is 0 Å². The van der Waals surface area contributed by atoms with Gasteiger partial charge in [-0.2, -0.15) is 0 Å². The third kappa shape index (κ3) is 8.13. The maximum absolute atomic E-state index is 12.0. The van der Waals surface area contributed by atoms with E-state index in [1.54, 1.807) is 24.3 Å². The smallest absolute Gasteiger partial charge is 0.408 e. The number of benzene rings is 1. The van der Waals surface area contributed by atoms with Gasteiger partial charge >= 0.3 is 18.0 Å². The number of ether oxygens (including phenoxy) is 1. The first-order valence-corrected chi connectivity index (χ1v) is 8.01. The largest absolute Gasteiger partial charge is 0.481 e. The van der Waals surface area contributed by atoms with Crippen molar-refractivity contribution in [1.29, 1.82) is 0 Å². The van der Waals surface area contributed by atoms with Gasteiger partial charge in [0.15, 0.2) is 0 Å². The second-order valence-corrected chi connectivity index (χ2v) is 5.61. The van der Waals surface area contributed by atoms with E-state index in [2.05, 4.69) is 10.6 Å². The Balaban J connectivity index is 2.42. The summed E-state index contributed by atoms with van der Waals surface area (Å²) in [6.45, 7) is 1.42. The Kier molecular flexibility index (Phi) is 8.62. The molecule has 142 valence electrons. The molecule has 0 radical (unpaired) electrons. The highest BCUT2D eigenvalue weighted by Gasteiger charge is 2.24. The number of hydrogen-bond acceptors (Lipinski definition) is 5. The standard InChI is InChI=1S/C17H22N2O7/c1-11(18-17(25)26-10-12-6-3-2-4-7-12)15(22)19-13(16(23)24)8-5-9-14(20)21/h2-4,6-7,11,13H,5,8-10H2,1H3,(H,18,25)(H,19,22)(H,20,21)(H,23,24)/t11-,13-/m0/s1. The quantitative estimate of drug-likeness (QED) is 0.486. The lowest BCUT2D eigenvalue weighted by Crippen LogP contribution is -2.50. The second kappa shape index (κ2) is 10.7. The van der Waals surface area contributed by atoms with Crippen molar-refractivity contribution in [1.82, 2.24) is 10.6 Å². The SMILES string of the molecule is C[C@H](NC(=O)OCc1ccccc1)C(=O)N[C@@H](CCCC(=O)O)C(=O)O. The van der Waals surface area contributed by atoms with Gasteiger partial charge in [0.25, 0.3) is 0 Å². The van der Waals surface area contributed by atoms with Crippen molar-refractivity contribution in [3.05, 3.63) is 35.9 Å². The summed E-state index contributed by atoms with van der Waals surface area (Å²) >= 11 is 0. The van der Waals surface area contributed by atoms with Crippen molar-refractivity contribution in [3.63, 3.8) is 0 Å². The van der Waals surface area contributed by atoms with Crippen LogP contribution in [0.2, 0.25) is 0 Å². The van der Waals surface area contributed by atoms with Crippen LogP contribution in [0.3, 0.4) is 0 Å². The lowest BCUT2D eigenvalue weighted by molar-refractivity contribution is -0.143. The summed E-state index contributed by atoms with van der Waals surface area (Å²) in [7, 11) is 0. The van der Waals surface area contributed by atoms with E-state index in [-0.39, 0.29) is 25.9 Å². The zero-order valence-corrected chi connectivity index (χ0v) is 14.3. The van der Waals surface area contributed by atoms with Crippen molar-refractivity contribution in [2.24, 2.45) is 0 Å². The van der Waals surface area contributed by atoms with Crippen molar-refractivity contribution < 1.29 is 34.1 Å². The number of aliphatic carboxylic acids is 2. The molecule has 0 unspecified atom stereocenters. The van der Waals surface area contributed by atoms with Crippen LogP contribution in [0.4, 0.5) is 4.79 Å². The number of alkyl carbamates (subject to hydrolysis) is 1. The van der Waals surface area contributed by atoms with Crippen LogP contribution >= 0.6 is 0 Å². The highest BCUT2D eigenvalue weighted by atomic mass is 16.5. The molecule has 0 aliphatic heterocycles. The minimum Gasteiger partial charge on any atom is -0.481 e. The molecule has 1 aromatic carbocycles. The summed E-state index contributed by atoms with van der Waals surface area (Å²) < 4.78 is 4.98.